The molecule has 1 aromatic carbocycles. The predicted octanol–water partition coefficient (Wildman–Crippen LogP) is 3.71. The molecule has 2 unspecified atom stereocenters. The van der Waals surface area contributed by atoms with Crippen LogP contribution in [0.1, 0.15) is 19.0 Å². The van der Waals surface area contributed by atoms with E-state index in [0.717, 1.165) is 22.6 Å². The van der Waals surface area contributed by atoms with Gasteiger partial charge >= 0.3 is 0 Å². The number of rotatable bonds is 3. The zero-order valence-electron chi connectivity index (χ0n) is 11.0. The molecule has 1 aliphatic carbocycles. The molecule has 0 spiro atoms. The van der Waals surface area contributed by atoms with Gasteiger partial charge in [-0.25, -0.2) is 4.98 Å². The van der Waals surface area contributed by atoms with E-state index in [1.165, 1.54) is 0 Å². The molecule has 4 heteroatoms. The maximum absolute atomic E-state index is 11.9. The average Bonchev–Trinajstić information content (AvgIpc) is 3.03. The molecular formula is C15H16N2OS. The largest absolute Gasteiger partial charge is 0.302 e. The van der Waals surface area contributed by atoms with Crippen LogP contribution in [0.25, 0.3) is 10.4 Å². The standard InChI is InChI=1S/C15H16N2OS/c1-9-8-12(9)14(18)17-15-16-10(2)13(19-15)11-6-4-3-5-7-11/h3-7,9,12H,8H2,1-2H3,(H,16,17,18). The molecule has 3 rings (SSSR count). The molecule has 3 nitrogen and oxygen atoms in total. The van der Waals surface area contributed by atoms with Crippen molar-refractivity contribution in [3.05, 3.63) is 36.0 Å². The van der Waals surface area contributed by atoms with Gasteiger partial charge in [0.15, 0.2) is 5.13 Å². The van der Waals surface area contributed by atoms with Gasteiger partial charge < -0.3 is 5.32 Å². The number of nitrogens with one attached hydrogen (secondary N) is 1. The van der Waals surface area contributed by atoms with Gasteiger partial charge in [0, 0.05) is 5.92 Å². The molecule has 1 amide bonds. The first-order valence-corrected chi connectivity index (χ1v) is 7.30. The summed E-state index contributed by atoms with van der Waals surface area (Å²) in [5.41, 5.74) is 2.12. The van der Waals surface area contributed by atoms with Crippen molar-refractivity contribution in [3.63, 3.8) is 0 Å². The van der Waals surface area contributed by atoms with Gasteiger partial charge in [0.25, 0.3) is 0 Å². The van der Waals surface area contributed by atoms with E-state index in [9.17, 15) is 4.79 Å². The molecule has 1 fully saturated rings. The van der Waals surface area contributed by atoms with Crippen LogP contribution >= 0.6 is 11.3 Å². The normalized spacial score (nSPS) is 21.2. The Morgan fingerprint density at radius 1 is 1.37 bits per heavy atom. The van der Waals surface area contributed by atoms with Gasteiger partial charge in [-0.15, -0.1) is 0 Å². The molecule has 1 N–H and O–H groups in total. The van der Waals surface area contributed by atoms with Crippen LogP contribution in [-0.4, -0.2) is 10.9 Å². The Bertz CT molecular complexity index is 606. The molecule has 0 radical (unpaired) electrons. The van der Waals surface area contributed by atoms with Gasteiger partial charge in [-0.3, -0.25) is 4.79 Å². The Morgan fingerprint density at radius 3 is 2.68 bits per heavy atom. The second-order valence-electron chi connectivity index (χ2n) is 5.11. The molecule has 1 heterocycles. The van der Waals surface area contributed by atoms with E-state index in [-0.39, 0.29) is 11.8 Å². The predicted molar refractivity (Wildman–Crippen MR) is 78.2 cm³/mol. The van der Waals surface area contributed by atoms with E-state index in [1.807, 2.05) is 25.1 Å². The number of aryl methyl sites for hydroxylation is 1. The highest BCUT2D eigenvalue weighted by Gasteiger charge is 2.39. The van der Waals surface area contributed by atoms with Crippen molar-refractivity contribution in [1.29, 1.82) is 0 Å². The lowest BCUT2D eigenvalue weighted by molar-refractivity contribution is -0.117. The number of hydrogen-bond acceptors (Lipinski definition) is 3. The van der Waals surface area contributed by atoms with Crippen LogP contribution in [0.3, 0.4) is 0 Å². The Hall–Kier alpha value is -1.68. The van der Waals surface area contributed by atoms with Crippen molar-refractivity contribution in [2.75, 3.05) is 5.32 Å². The highest BCUT2D eigenvalue weighted by Crippen LogP contribution is 2.39. The van der Waals surface area contributed by atoms with Crippen LogP contribution in [0.15, 0.2) is 30.3 Å². The van der Waals surface area contributed by atoms with Crippen molar-refractivity contribution in [2.45, 2.75) is 20.3 Å². The summed E-state index contributed by atoms with van der Waals surface area (Å²) in [6.07, 6.45) is 1.00. The summed E-state index contributed by atoms with van der Waals surface area (Å²) in [6.45, 7) is 4.08. The van der Waals surface area contributed by atoms with Crippen molar-refractivity contribution < 1.29 is 4.79 Å². The fraction of sp³-hybridized carbons (Fsp3) is 0.333. The minimum atomic E-state index is 0.112. The minimum Gasteiger partial charge on any atom is -0.302 e. The molecular weight excluding hydrogens is 256 g/mol. The van der Waals surface area contributed by atoms with Crippen LogP contribution in [0.2, 0.25) is 0 Å². The van der Waals surface area contributed by atoms with E-state index >= 15 is 0 Å². The van der Waals surface area contributed by atoms with Crippen LogP contribution < -0.4 is 5.32 Å². The van der Waals surface area contributed by atoms with Gasteiger partial charge in [0.05, 0.1) is 10.6 Å². The Balaban J connectivity index is 1.80. The quantitative estimate of drug-likeness (QED) is 0.925. The van der Waals surface area contributed by atoms with Crippen molar-refractivity contribution in [3.8, 4) is 10.4 Å². The van der Waals surface area contributed by atoms with Gasteiger partial charge in [-0.1, -0.05) is 48.6 Å². The SMILES string of the molecule is Cc1nc(NC(=O)C2CC2C)sc1-c1ccccc1. The van der Waals surface area contributed by atoms with Crippen LogP contribution in [0.5, 0.6) is 0 Å². The number of benzene rings is 1. The number of hydrogen-bond donors (Lipinski definition) is 1. The number of amides is 1. The molecule has 0 saturated heterocycles. The van der Waals surface area contributed by atoms with Crippen LogP contribution in [0, 0.1) is 18.8 Å². The highest BCUT2D eigenvalue weighted by atomic mass is 32.1. The Kier molecular flexibility index (Phi) is 3.11. The minimum absolute atomic E-state index is 0.112. The summed E-state index contributed by atoms with van der Waals surface area (Å²) in [7, 11) is 0. The van der Waals surface area contributed by atoms with Crippen molar-refractivity contribution in [1.82, 2.24) is 4.98 Å². The lowest BCUT2D eigenvalue weighted by Crippen LogP contribution is -2.14. The first kappa shape index (κ1) is 12.4. The number of carbonyl (C=O) groups is 1. The molecule has 19 heavy (non-hydrogen) atoms. The van der Waals surface area contributed by atoms with Gasteiger partial charge in [0.1, 0.15) is 0 Å². The summed E-state index contributed by atoms with van der Waals surface area (Å²) in [6, 6.07) is 10.2. The van der Waals surface area contributed by atoms with Crippen LogP contribution in [-0.2, 0) is 4.79 Å². The van der Waals surface area contributed by atoms with Crippen molar-refractivity contribution in [2.24, 2.45) is 11.8 Å². The maximum Gasteiger partial charge on any atom is 0.229 e. The third kappa shape index (κ3) is 2.54. The van der Waals surface area contributed by atoms with Crippen LogP contribution in [0.4, 0.5) is 5.13 Å². The zero-order valence-corrected chi connectivity index (χ0v) is 11.8. The molecule has 0 bridgehead atoms. The molecule has 98 valence electrons. The second kappa shape index (κ2) is 4.78. The van der Waals surface area contributed by atoms with E-state index in [2.05, 4.69) is 29.4 Å². The van der Waals surface area contributed by atoms with Gasteiger partial charge in [-0.2, -0.15) is 0 Å². The molecule has 1 saturated carbocycles. The summed E-state index contributed by atoms with van der Waals surface area (Å²) < 4.78 is 0. The third-order valence-corrected chi connectivity index (χ3v) is 4.63. The lowest BCUT2D eigenvalue weighted by Gasteiger charge is -1.98. The molecule has 2 aromatic rings. The fourth-order valence-corrected chi connectivity index (χ4v) is 3.17. The number of carbonyl (C=O) groups excluding carboxylic acids is 1. The maximum atomic E-state index is 11.9. The monoisotopic (exact) mass is 272 g/mol. The van der Waals surface area contributed by atoms with E-state index in [1.54, 1.807) is 11.3 Å². The number of thiazole rings is 1. The molecule has 1 aliphatic rings. The summed E-state index contributed by atoms with van der Waals surface area (Å²) in [5, 5.41) is 3.64. The first-order chi connectivity index (χ1) is 9.15. The number of nitrogens with zero attached hydrogens (tertiary/aromatic N) is 1. The lowest BCUT2D eigenvalue weighted by atomic mass is 10.2. The summed E-state index contributed by atoms with van der Waals surface area (Å²) in [5.74, 6) is 0.819. The highest BCUT2D eigenvalue weighted by molar-refractivity contribution is 7.19. The Labute approximate surface area is 116 Å². The summed E-state index contributed by atoms with van der Waals surface area (Å²) >= 11 is 1.54. The van der Waals surface area contributed by atoms with Gasteiger partial charge in [-0.05, 0) is 24.8 Å². The number of anilines is 1. The van der Waals surface area contributed by atoms with E-state index in [4.69, 9.17) is 0 Å². The molecule has 0 aliphatic heterocycles. The van der Waals surface area contributed by atoms with E-state index in [0.29, 0.717) is 11.0 Å². The molecule has 2 atom stereocenters. The zero-order chi connectivity index (χ0) is 13.4. The third-order valence-electron chi connectivity index (χ3n) is 3.51. The van der Waals surface area contributed by atoms with Gasteiger partial charge in [0.2, 0.25) is 5.91 Å². The fourth-order valence-electron chi connectivity index (χ4n) is 2.19. The second-order valence-corrected chi connectivity index (χ2v) is 6.11. The molecule has 1 aromatic heterocycles. The topological polar surface area (TPSA) is 42.0 Å². The smallest absolute Gasteiger partial charge is 0.229 e. The average molecular weight is 272 g/mol. The first-order valence-electron chi connectivity index (χ1n) is 6.49. The van der Waals surface area contributed by atoms with Crippen molar-refractivity contribution >= 4 is 22.4 Å². The Morgan fingerprint density at radius 2 is 2.05 bits per heavy atom. The van der Waals surface area contributed by atoms with E-state index < -0.39 is 0 Å². The number of aromatic nitrogens is 1. The summed E-state index contributed by atoms with van der Waals surface area (Å²) in [4.78, 5) is 17.5.